The first-order chi connectivity index (χ1) is 9.20. The summed E-state index contributed by atoms with van der Waals surface area (Å²) >= 11 is 3.42. The molecule has 1 aromatic carbocycles. The van der Waals surface area contributed by atoms with E-state index >= 15 is 0 Å². The van der Waals surface area contributed by atoms with E-state index in [1.54, 1.807) is 6.20 Å². The Kier molecular flexibility index (Phi) is 4.68. The molecule has 1 heterocycles. The average molecular weight is 319 g/mol. The molecule has 1 amide bonds. The van der Waals surface area contributed by atoms with E-state index < -0.39 is 0 Å². The fourth-order valence-corrected chi connectivity index (χ4v) is 2.16. The van der Waals surface area contributed by atoms with Gasteiger partial charge in [0.2, 0.25) is 0 Å². The number of hydrogen-bond donors (Lipinski definition) is 1. The van der Waals surface area contributed by atoms with Crippen molar-refractivity contribution in [3.63, 3.8) is 0 Å². The minimum Gasteiger partial charge on any atom is -0.347 e. The third-order valence-corrected chi connectivity index (χ3v) is 3.47. The highest BCUT2D eigenvalue weighted by atomic mass is 79.9. The predicted octanol–water partition coefficient (Wildman–Crippen LogP) is 3.21. The van der Waals surface area contributed by atoms with Gasteiger partial charge < -0.3 is 5.32 Å². The zero-order valence-electron chi connectivity index (χ0n) is 10.7. The minimum atomic E-state index is -0.137. The van der Waals surface area contributed by atoms with Crippen LogP contribution in [-0.2, 0) is 11.9 Å². The van der Waals surface area contributed by atoms with E-state index in [9.17, 15) is 4.79 Å². The zero-order chi connectivity index (χ0) is 13.7. The monoisotopic (exact) mass is 318 g/mol. The number of pyridine rings is 1. The molecule has 0 aliphatic carbocycles. The molecule has 0 radical (unpaired) electrons. The minimum absolute atomic E-state index is 0.137. The summed E-state index contributed by atoms with van der Waals surface area (Å²) in [7, 11) is 0. The number of hydrogen-bond acceptors (Lipinski definition) is 2. The number of aromatic nitrogens is 1. The zero-order valence-corrected chi connectivity index (χ0v) is 12.3. The summed E-state index contributed by atoms with van der Waals surface area (Å²) in [5.74, 6) is -0.137. The van der Waals surface area contributed by atoms with Crippen molar-refractivity contribution < 1.29 is 4.79 Å². The number of nitrogens with one attached hydrogen (secondary N) is 1. The summed E-state index contributed by atoms with van der Waals surface area (Å²) in [5, 5.41) is 3.70. The van der Waals surface area contributed by atoms with Crippen LogP contribution in [0.25, 0.3) is 0 Å². The fraction of sp³-hybridized carbons (Fsp3) is 0.200. The van der Waals surface area contributed by atoms with Gasteiger partial charge in [0.25, 0.3) is 5.91 Å². The number of benzene rings is 1. The number of rotatable bonds is 4. The number of carbonyl (C=O) groups is 1. The highest BCUT2D eigenvalue weighted by Gasteiger charge is 2.09. The average Bonchev–Trinajstić information content (AvgIpc) is 2.45. The van der Waals surface area contributed by atoms with Crippen molar-refractivity contribution in [1.29, 1.82) is 0 Å². The fourth-order valence-electron chi connectivity index (χ4n) is 1.81. The van der Waals surface area contributed by atoms with Gasteiger partial charge in [-0.25, -0.2) is 0 Å². The molecule has 0 unspecified atom stereocenters. The topological polar surface area (TPSA) is 42.0 Å². The largest absolute Gasteiger partial charge is 0.347 e. The molecule has 0 saturated carbocycles. The maximum absolute atomic E-state index is 12.0. The first-order valence-corrected chi connectivity index (χ1v) is 7.16. The van der Waals surface area contributed by atoms with Crippen LogP contribution in [0, 0.1) is 6.92 Å². The molecule has 1 N–H and O–H groups in total. The van der Waals surface area contributed by atoms with Crippen LogP contribution in [-0.4, -0.2) is 10.9 Å². The number of halogens is 1. The van der Waals surface area contributed by atoms with Crippen molar-refractivity contribution in [2.24, 2.45) is 0 Å². The second-order valence-electron chi connectivity index (χ2n) is 4.31. The Hall–Kier alpha value is -1.68. The number of carbonyl (C=O) groups excluding carboxylic acids is 1. The van der Waals surface area contributed by atoms with E-state index in [-0.39, 0.29) is 5.91 Å². The Morgan fingerprint density at radius 1 is 1.26 bits per heavy atom. The van der Waals surface area contributed by atoms with Crippen LogP contribution in [0.3, 0.4) is 0 Å². The first-order valence-electron chi connectivity index (χ1n) is 6.04. The van der Waals surface area contributed by atoms with Crippen molar-refractivity contribution in [1.82, 2.24) is 10.3 Å². The van der Waals surface area contributed by atoms with E-state index in [0.717, 1.165) is 16.5 Å². The molecule has 0 saturated heterocycles. The molecule has 4 heteroatoms. The molecule has 0 spiro atoms. The van der Waals surface area contributed by atoms with Crippen LogP contribution in [0.1, 0.15) is 27.2 Å². The summed E-state index contributed by atoms with van der Waals surface area (Å²) in [4.78, 5) is 16.1. The lowest BCUT2D eigenvalue weighted by molar-refractivity contribution is 0.0945. The number of nitrogens with zero attached hydrogens (tertiary/aromatic N) is 1. The van der Waals surface area contributed by atoms with E-state index in [1.807, 2.05) is 37.3 Å². The Labute approximate surface area is 121 Å². The van der Waals surface area contributed by atoms with Crippen molar-refractivity contribution in [3.8, 4) is 0 Å². The normalized spacial score (nSPS) is 10.2. The van der Waals surface area contributed by atoms with Gasteiger partial charge in [-0.1, -0.05) is 46.3 Å². The van der Waals surface area contributed by atoms with Gasteiger partial charge in [0.1, 0.15) is 5.69 Å². The second kappa shape index (κ2) is 6.48. The Morgan fingerprint density at radius 3 is 2.79 bits per heavy atom. The Bertz CT molecular complexity index is 584. The lowest BCUT2D eigenvalue weighted by Gasteiger charge is -2.07. The van der Waals surface area contributed by atoms with Crippen molar-refractivity contribution in [3.05, 3.63) is 65.0 Å². The lowest BCUT2D eigenvalue weighted by Crippen LogP contribution is -2.24. The van der Waals surface area contributed by atoms with Crippen LogP contribution in [0.4, 0.5) is 0 Å². The van der Waals surface area contributed by atoms with Gasteiger partial charge in [-0.15, -0.1) is 0 Å². The van der Waals surface area contributed by atoms with Gasteiger partial charge in [-0.05, 0) is 29.7 Å². The molecule has 0 bridgehead atoms. The molecule has 0 aliphatic rings. The molecule has 98 valence electrons. The van der Waals surface area contributed by atoms with Crippen LogP contribution < -0.4 is 5.32 Å². The van der Waals surface area contributed by atoms with Gasteiger partial charge in [0, 0.05) is 18.1 Å². The number of amides is 1. The Balaban J connectivity index is 2.02. The summed E-state index contributed by atoms with van der Waals surface area (Å²) in [5.41, 5.74) is 3.65. The summed E-state index contributed by atoms with van der Waals surface area (Å²) in [6, 6.07) is 11.8. The molecule has 19 heavy (non-hydrogen) atoms. The third kappa shape index (κ3) is 3.64. The van der Waals surface area contributed by atoms with Crippen LogP contribution in [0.2, 0.25) is 0 Å². The van der Waals surface area contributed by atoms with Gasteiger partial charge in [0.15, 0.2) is 0 Å². The van der Waals surface area contributed by atoms with E-state index in [0.29, 0.717) is 12.2 Å². The summed E-state index contributed by atoms with van der Waals surface area (Å²) < 4.78 is 0. The molecular weight excluding hydrogens is 304 g/mol. The smallest absolute Gasteiger partial charge is 0.270 e. The summed E-state index contributed by atoms with van der Waals surface area (Å²) in [6.45, 7) is 2.39. The van der Waals surface area contributed by atoms with Crippen molar-refractivity contribution in [2.45, 2.75) is 18.8 Å². The van der Waals surface area contributed by atoms with Gasteiger partial charge in [0.05, 0.1) is 0 Å². The Morgan fingerprint density at radius 2 is 2.05 bits per heavy atom. The molecule has 2 rings (SSSR count). The maximum atomic E-state index is 12.0. The molecule has 1 aromatic heterocycles. The van der Waals surface area contributed by atoms with Crippen molar-refractivity contribution in [2.75, 3.05) is 0 Å². The molecule has 0 fully saturated rings. The van der Waals surface area contributed by atoms with Crippen LogP contribution in [0.5, 0.6) is 0 Å². The highest BCUT2D eigenvalue weighted by molar-refractivity contribution is 9.08. The molecular formula is C15H15BrN2O. The van der Waals surface area contributed by atoms with Gasteiger partial charge >= 0.3 is 0 Å². The molecule has 3 nitrogen and oxygen atoms in total. The first kappa shape index (κ1) is 13.7. The van der Waals surface area contributed by atoms with Crippen molar-refractivity contribution >= 4 is 21.8 Å². The van der Waals surface area contributed by atoms with Crippen LogP contribution >= 0.6 is 15.9 Å². The standard InChI is InChI=1S/C15H15BrN2O/c1-11-4-3-7-17-14(11)15(19)18-10-13-6-2-5-12(8-13)9-16/h2-8H,9-10H2,1H3,(H,18,19). The van der Waals surface area contributed by atoms with E-state index in [2.05, 4.69) is 32.3 Å². The molecule has 0 aliphatic heterocycles. The predicted molar refractivity (Wildman–Crippen MR) is 79.2 cm³/mol. The highest BCUT2D eigenvalue weighted by Crippen LogP contribution is 2.09. The van der Waals surface area contributed by atoms with E-state index in [1.165, 1.54) is 5.56 Å². The molecule has 2 aromatic rings. The SMILES string of the molecule is Cc1cccnc1C(=O)NCc1cccc(CBr)c1. The van der Waals surface area contributed by atoms with Gasteiger partial charge in [-0.3, -0.25) is 9.78 Å². The third-order valence-electron chi connectivity index (χ3n) is 2.82. The van der Waals surface area contributed by atoms with Crippen LogP contribution in [0.15, 0.2) is 42.6 Å². The maximum Gasteiger partial charge on any atom is 0.270 e. The number of aryl methyl sites for hydroxylation is 1. The van der Waals surface area contributed by atoms with E-state index in [4.69, 9.17) is 0 Å². The quantitative estimate of drug-likeness (QED) is 0.879. The number of alkyl halides is 1. The lowest BCUT2D eigenvalue weighted by atomic mass is 10.1. The van der Waals surface area contributed by atoms with Gasteiger partial charge in [-0.2, -0.15) is 0 Å². The molecule has 0 atom stereocenters. The summed E-state index contributed by atoms with van der Waals surface area (Å²) in [6.07, 6.45) is 1.63. The second-order valence-corrected chi connectivity index (χ2v) is 4.87.